The van der Waals surface area contributed by atoms with E-state index in [0.29, 0.717) is 5.69 Å². The summed E-state index contributed by atoms with van der Waals surface area (Å²) in [5.41, 5.74) is 1.46. The monoisotopic (exact) mass is 294 g/mol. The van der Waals surface area contributed by atoms with Gasteiger partial charge in [0.1, 0.15) is 13.1 Å². The van der Waals surface area contributed by atoms with Crippen molar-refractivity contribution in [3.63, 3.8) is 0 Å². The van der Waals surface area contributed by atoms with E-state index in [1.165, 1.54) is 14.2 Å². The molecule has 0 atom stereocenters. The summed E-state index contributed by atoms with van der Waals surface area (Å²) < 4.78 is 9.04. The number of hydrogen-bond acceptors (Lipinski definition) is 6. The normalized spacial score (nSPS) is 9.86. The van der Waals surface area contributed by atoms with E-state index in [9.17, 15) is 14.4 Å². The highest BCUT2D eigenvalue weighted by Gasteiger charge is 2.22. The first kappa shape index (κ1) is 16.6. The second-order valence-corrected chi connectivity index (χ2v) is 4.35. The zero-order valence-corrected chi connectivity index (χ0v) is 12.3. The Kier molecular flexibility index (Phi) is 6.32. The lowest BCUT2D eigenvalue weighted by atomic mass is 10.1. The highest BCUT2D eigenvalue weighted by Crippen LogP contribution is 2.06. The molecule has 0 fully saturated rings. The second kappa shape index (κ2) is 7.98. The van der Waals surface area contributed by atoms with E-state index in [1.54, 1.807) is 12.3 Å². The van der Waals surface area contributed by atoms with Gasteiger partial charge in [-0.2, -0.15) is 0 Å². The number of rotatable bonds is 6. The molecule has 1 rings (SSSR count). The zero-order chi connectivity index (χ0) is 15.8. The molecule has 0 aromatic carbocycles. The maximum atomic E-state index is 12.2. The van der Waals surface area contributed by atoms with Crippen LogP contribution in [0.5, 0.6) is 0 Å². The minimum atomic E-state index is -0.606. The summed E-state index contributed by atoms with van der Waals surface area (Å²) in [7, 11) is 2.43. The van der Waals surface area contributed by atoms with Gasteiger partial charge >= 0.3 is 11.9 Å². The summed E-state index contributed by atoms with van der Waals surface area (Å²) in [6.45, 7) is 1.22. The van der Waals surface area contributed by atoms with Gasteiger partial charge in [-0.3, -0.25) is 19.4 Å². The van der Waals surface area contributed by atoms with Gasteiger partial charge in [-0.05, 0) is 18.6 Å². The molecule has 0 N–H and O–H groups in total. The lowest BCUT2D eigenvalue weighted by Gasteiger charge is -2.20. The van der Waals surface area contributed by atoms with Crippen molar-refractivity contribution < 1.29 is 23.9 Å². The molecule has 1 amide bonds. The molecular formula is C14H18N2O5. The number of methoxy groups -OCH3 is 2. The third-order valence-electron chi connectivity index (χ3n) is 2.88. The molecule has 7 heteroatoms. The average molecular weight is 294 g/mol. The molecule has 0 unspecified atom stereocenters. The third-order valence-corrected chi connectivity index (χ3v) is 2.88. The number of hydrogen-bond donors (Lipinski definition) is 0. The van der Waals surface area contributed by atoms with Crippen LogP contribution >= 0.6 is 0 Å². The molecule has 0 aliphatic heterocycles. The highest BCUT2D eigenvalue weighted by atomic mass is 16.5. The van der Waals surface area contributed by atoms with Crippen molar-refractivity contribution in [2.45, 2.75) is 13.3 Å². The van der Waals surface area contributed by atoms with E-state index >= 15 is 0 Å². The summed E-state index contributed by atoms with van der Waals surface area (Å²) in [6, 6.07) is 3.60. The standard InChI is InChI=1S/C14H18N2O5/c1-10-5-4-6-15-11(10)7-12(17)16(8-13(18)20-2)9-14(19)21-3/h4-6H,7-9H2,1-3H3. The molecule has 7 nitrogen and oxygen atoms in total. The van der Waals surface area contributed by atoms with Crippen molar-refractivity contribution in [2.75, 3.05) is 27.3 Å². The fourth-order valence-corrected chi connectivity index (χ4v) is 1.63. The second-order valence-electron chi connectivity index (χ2n) is 4.35. The Balaban J connectivity index is 2.81. The minimum absolute atomic E-state index is 0.000657. The predicted molar refractivity (Wildman–Crippen MR) is 73.3 cm³/mol. The van der Waals surface area contributed by atoms with Gasteiger partial charge in [-0.1, -0.05) is 6.07 Å². The molecule has 1 aromatic heterocycles. The number of nitrogens with zero attached hydrogens (tertiary/aromatic N) is 2. The summed E-state index contributed by atoms with van der Waals surface area (Å²) in [4.78, 5) is 40.1. The molecule has 0 aliphatic rings. The van der Waals surface area contributed by atoms with Gasteiger partial charge in [0.05, 0.1) is 26.3 Å². The molecule has 1 aromatic rings. The molecule has 0 aliphatic carbocycles. The zero-order valence-electron chi connectivity index (χ0n) is 12.3. The predicted octanol–water partition coefficient (Wildman–Crippen LogP) is 0.107. The summed E-state index contributed by atoms with van der Waals surface area (Å²) in [5.74, 6) is -1.61. The number of carbonyl (C=O) groups is 3. The van der Waals surface area contributed by atoms with E-state index in [2.05, 4.69) is 14.5 Å². The molecule has 114 valence electrons. The van der Waals surface area contributed by atoms with Crippen LogP contribution < -0.4 is 0 Å². The number of aryl methyl sites for hydroxylation is 1. The fourth-order valence-electron chi connectivity index (χ4n) is 1.63. The van der Waals surface area contributed by atoms with Crippen molar-refractivity contribution in [1.29, 1.82) is 0 Å². The van der Waals surface area contributed by atoms with E-state index in [1.807, 2.05) is 13.0 Å². The SMILES string of the molecule is COC(=O)CN(CC(=O)OC)C(=O)Cc1ncccc1C. The first-order valence-electron chi connectivity index (χ1n) is 6.29. The first-order chi connectivity index (χ1) is 9.97. The van der Waals surface area contributed by atoms with Crippen LogP contribution in [0, 0.1) is 6.92 Å². The average Bonchev–Trinajstić information content (AvgIpc) is 2.48. The number of pyridine rings is 1. The largest absolute Gasteiger partial charge is 0.468 e. The Morgan fingerprint density at radius 1 is 1.14 bits per heavy atom. The van der Waals surface area contributed by atoms with Gasteiger partial charge in [-0.25, -0.2) is 0 Å². The molecule has 0 radical (unpaired) electrons. The Bertz CT molecular complexity index is 512. The van der Waals surface area contributed by atoms with Gasteiger partial charge in [0, 0.05) is 6.20 Å². The lowest BCUT2D eigenvalue weighted by molar-refractivity contribution is -0.151. The van der Waals surface area contributed by atoms with Crippen LogP contribution in [0.15, 0.2) is 18.3 Å². The van der Waals surface area contributed by atoms with Crippen molar-refractivity contribution in [2.24, 2.45) is 0 Å². The number of amides is 1. The minimum Gasteiger partial charge on any atom is -0.468 e. The molecule has 0 bridgehead atoms. The number of esters is 2. The van der Waals surface area contributed by atoms with Crippen molar-refractivity contribution in [3.05, 3.63) is 29.6 Å². The van der Waals surface area contributed by atoms with Gasteiger partial charge in [0.2, 0.25) is 5.91 Å². The quantitative estimate of drug-likeness (QED) is 0.692. The van der Waals surface area contributed by atoms with Crippen LogP contribution in [-0.2, 0) is 30.3 Å². The number of carbonyl (C=O) groups excluding carboxylic acids is 3. The third kappa shape index (κ3) is 5.21. The van der Waals surface area contributed by atoms with Gasteiger partial charge < -0.3 is 14.4 Å². The topological polar surface area (TPSA) is 85.8 Å². The molecule has 0 spiro atoms. The van der Waals surface area contributed by atoms with Crippen LogP contribution in [0.4, 0.5) is 0 Å². The van der Waals surface area contributed by atoms with Crippen molar-refractivity contribution >= 4 is 17.8 Å². The van der Waals surface area contributed by atoms with Crippen LogP contribution in [0.1, 0.15) is 11.3 Å². The molecule has 0 saturated carbocycles. The fraction of sp³-hybridized carbons (Fsp3) is 0.429. The van der Waals surface area contributed by atoms with Crippen molar-refractivity contribution in [1.82, 2.24) is 9.88 Å². The van der Waals surface area contributed by atoms with Crippen LogP contribution in [0.25, 0.3) is 0 Å². The van der Waals surface area contributed by atoms with Gasteiger partial charge in [0.25, 0.3) is 0 Å². The van der Waals surface area contributed by atoms with E-state index in [-0.39, 0.29) is 19.5 Å². The summed E-state index contributed by atoms with van der Waals surface area (Å²) in [6.07, 6.45) is 1.58. The molecule has 1 heterocycles. The highest BCUT2D eigenvalue weighted by molar-refractivity contribution is 5.87. The maximum absolute atomic E-state index is 12.2. The Labute approximate surface area is 122 Å². The molecular weight excluding hydrogens is 276 g/mol. The van der Waals surface area contributed by atoms with E-state index in [4.69, 9.17) is 0 Å². The molecule has 0 saturated heterocycles. The van der Waals surface area contributed by atoms with Crippen LogP contribution in [-0.4, -0.2) is 55.0 Å². The van der Waals surface area contributed by atoms with Crippen LogP contribution in [0.2, 0.25) is 0 Å². The Morgan fingerprint density at radius 3 is 2.19 bits per heavy atom. The van der Waals surface area contributed by atoms with Crippen LogP contribution in [0.3, 0.4) is 0 Å². The van der Waals surface area contributed by atoms with Gasteiger partial charge in [0.15, 0.2) is 0 Å². The number of aromatic nitrogens is 1. The number of ether oxygens (including phenoxy) is 2. The maximum Gasteiger partial charge on any atom is 0.325 e. The lowest BCUT2D eigenvalue weighted by Crippen LogP contribution is -2.41. The first-order valence-corrected chi connectivity index (χ1v) is 6.29. The summed E-state index contributed by atoms with van der Waals surface area (Å²) in [5, 5.41) is 0. The van der Waals surface area contributed by atoms with Crippen molar-refractivity contribution in [3.8, 4) is 0 Å². The van der Waals surface area contributed by atoms with Gasteiger partial charge in [-0.15, -0.1) is 0 Å². The Hall–Kier alpha value is -2.44. The molecule has 21 heavy (non-hydrogen) atoms. The summed E-state index contributed by atoms with van der Waals surface area (Å²) >= 11 is 0. The Morgan fingerprint density at radius 2 is 1.71 bits per heavy atom. The van der Waals surface area contributed by atoms with E-state index < -0.39 is 17.8 Å². The smallest absolute Gasteiger partial charge is 0.325 e. The van der Waals surface area contributed by atoms with E-state index in [0.717, 1.165) is 10.5 Å².